The number of phenols is 1. The number of nitrogens with zero attached hydrogens (tertiary/aromatic N) is 3. The van der Waals surface area contributed by atoms with Crippen LogP contribution in [0.4, 0.5) is 0 Å². The van der Waals surface area contributed by atoms with Crippen LogP contribution in [-0.4, -0.2) is 20.8 Å². The summed E-state index contributed by atoms with van der Waals surface area (Å²) in [5.41, 5.74) is 3.70. The zero-order chi connectivity index (χ0) is 17.5. The number of rotatable bonds is 2. The molecule has 1 N–H and O–H groups in total. The quantitative estimate of drug-likeness (QED) is 0.763. The second kappa shape index (κ2) is 5.88. The highest BCUT2D eigenvalue weighted by Gasteiger charge is 2.41. The van der Waals surface area contributed by atoms with E-state index in [4.69, 9.17) is 9.84 Å². The zero-order valence-electron chi connectivity index (χ0n) is 14.0. The van der Waals surface area contributed by atoms with Crippen LogP contribution in [0.3, 0.4) is 0 Å². The molecule has 0 saturated heterocycles. The van der Waals surface area contributed by atoms with Crippen molar-refractivity contribution in [1.29, 1.82) is 0 Å². The molecule has 0 aliphatic carbocycles. The lowest BCUT2D eigenvalue weighted by molar-refractivity contribution is -0.0192. The topological polar surface area (TPSA) is 58.0 Å². The standard InChI is InChI=1S/C21H17N3O2/c25-19-9-3-1-7-15(19)17-12-18-16-8-2-4-10-20(16)26-21(24(18)23-17)14-6-5-11-22-13-14/h1-11,13,18,21,25H,12H2/t18-,21+/m1/s1. The molecule has 3 heterocycles. The van der Waals surface area contributed by atoms with Gasteiger partial charge in [-0.2, -0.15) is 5.10 Å². The number of aromatic hydroxyl groups is 1. The Morgan fingerprint density at radius 2 is 1.85 bits per heavy atom. The Labute approximate surface area is 151 Å². The molecule has 26 heavy (non-hydrogen) atoms. The molecule has 0 saturated carbocycles. The highest BCUT2D eigenvalue weighted by Crippen LogP contribution is 2.47. The molecule has 0 bridgehead atoms. The summed E-state index contributed by atoms with van der Waals surface area (Å²) in [5.74, 6) is 1.12. The summed E-state index contributed by atoms with van der Waals surface area (Å²) < 4.78 is 6.26. The molecule has 5 heteroatoms. The van der Waals surface area contributed by atoms with Gasteiger partial charge in [-0.05, 0) is 24.3 Å². The van der Waals surface area contributed by atoms with E-state index >= 15 is 0 Å². The van der Waals surface area contributed by atoms with Crippen molar-refractivity contribution < 1.29 is 9.84 Å². The Hall–Kier alpha value is -3.34. The van der Waals surface area contributed by atoms with Crippen LogP contribution < -0.4 is 4.74 Å². The number of hydrogen-bond acceptors (Lipinski definition) is 5. The molecular weight excluding hydrogens is 326 g/mol. The molecule has 0 spiro atoms. The van der Waals surface area contributed by atoms with Gasteiger partial charge in [0, 0.05) is 35.5 Å². The zero-order valence-corrected chi connectivity index (χ0v) is 14.0. The van der Waals surface area contributed by atoms with Gasteiger partial charge in [-0.1, -0.05) is 36.4 Å². The second-order valence-electron chi connectivity index (χ2n) is 6.46. The molecule has 0 unspecified atom stereocenters. The van der Waals surface area contributed by atoms with Crippen LogP contribution in [0.15, 0.2) is 78.2 Å². The van der Waals surface area contributed by atoms with Gasteiger partial charge in [0.05, 0.1) is 11.8 Å². The van der Waals surface area contributed by atoms with Gasteiger partial charge < -0.3 is 9.84 Å². The largest absolute Gasteiger partial charge is 0.507 e. The van der Waals surface area contributed by atoms with Gasteiger partial charge in [-0.15, -0.1) is 0 Å². The van der Waals surface area contributed by atoms with Gasteiger partial charge in [0.15, 0.2) is 0 Å². The van der Waals surface area contributed by atoms with E-state index in [1.807, 2.05) is 59.7 Å². The molecule has 1 aromatic heterocycles. The number of fused-ring (bicyclic) bond motifs is 3. The average Bonchev–Trinajstić information content (AvgIpc) is 3.14. The molecule has 2 aromatic carbocycles. The van der Waals surface area contributed by atoms with Crippen molar-refractivity contribution >= 4 is 5.71 Å². The summed E-state index contributed by atoms with van der Waals surface area (Å²) in [6.45, 7) is 0. The number of pyridine rings is 1. The maximum Gasteiger partial charge on any atom is 0.215 e. The number of ether oxygens (including phenoxy) is 1. The summed E-state index contributed by atoms with van der Waals surface area (Å²) in [5, 5.41) is 17.1. The molecule has 0 amide bonds. The van der Waals surface area contributed by atoms with Gasteiger partial charge in [-0.25, -0.2) is 5.01 Å². The van der Waals surface area contributed by atoms with Gasteiger partial charge in [0.2, 0.25) is 6.23 Å². The lowest BCUT2D eigenvalue weighted by atomic mass is 9.96. The third-order valence-electron chi connectivity index (χ3n) is 4.88. The third-order valence-corrected chi connectivity index (χ3v) is 4.88. The average molecular weight is 343 g/mol. The van der Waals surface area contributed by atoms with E-state index < -0.39 is 0 Å². The van der Waals surface area contributed by atoms with Crippen LogP contribution in [0.1, 0.15) is 35.4 Å². The van der Waals surface area contributed by atoms with Crippen LogP contribution >= 0.6 is 0 Å². The molecule has 2 aliphatic rings. The van der Waals surface area contributed by atoms with Crippen LogP contribution in [0.2, 0.25) is 0 Å². The van der Waals surface area contributed by atoms with Crippen LogP contribution in [0.25, 0.3) is 0 Å². The van der Waals surface area contributed by atoms with Crippen molar-refractivity contribution in [2.75, 3.05) is 0 Å². The Balaban J connectivity index is 1.62. The maximum atomic E-state index is 10.2. The van der Waals surface area contributed by atoms with Crippen molar-refractivity contribution in [1.82, 2.24) is 9.99 Å². The third kappa shape index (κ3) is 2.32. The fraction of sp³-hybridized carbons (Fsp3) is 0.143. The van der Waals surface area contributed by atoms with E-state index in [0.29, 0.717) is 6.42 Å². The number of phenolic OH excluding ortho intramolecular Hbond substituents is 1. The van der Waals surface area contributed by atoms with Crippen molar-refractivity contribution in [3.05, 3.63) is 89.7 Å². The first-order valence-corrected chi connectivity index (χ1v) is 8.61. The summed E-state index contributed by atoms with van der Waals surface area (Å²) >= 11 is 0. The van der Waals surface area contributed by atoms with E-state index in [0.717, 1.165) is 28.2 Å². The molecule has 3 aromatic rings. The predicted molar refractivity (Wildman–Crippen MR) is 97.9 cm³/mol. The van der Waals surface area contributed by atoms with Gasteiger partial charge in [-0.3, -0.25) is 4.98 Å². The first kappa shape index (κ1) is 15.0. The summed E-state index contributed by atoms with van der Waals surface area (Å²) in [6, 6.07) is 19.4. The van der Waals surface area contributed by atoms with Crippen LogP contribution in [0.5, 0.6) is 11.5 Å². The molecule has 0 radical (unpaired) electrons. The minimum atomic E-state index is -0.341. The number of hydrogen-bond donors (Lipinski definition) is 1. The molecule has 2 aliphatic heterocycles. The van der Waals surface area contributed by atoms with Crippen molar-refractivity contribution in [2.24, 2.45) is 5.10 Å². The normalized spacial score (nSPS) is 20.8. The lowest BCUT2D eigenvalue weighted by Crippen LogP contribution is -2.33. The van der Waals surface area contributed by atoms with Crippen molar-refractivity contribution in [3.8, 4) is 11.5 Å². The lowest BCUT2D eigenvalue weighted by Gasteiger charge is -2.38. The molecule has 5 nitrogen and oxygen atoms in total. The summed E-state index contributed by atoms with van der Waals surface area (Å²) in [7, 11) is 0. The second-order valence-corrected chi connectivity index (χ2v) is 6.46. The fourth-order valence-corrected chi connectivity index (χ4v) is 3.66. The minimum absolute atomic E-state index is 0.0692. The number of hydrazone groups is 1. The van der Waals surface area contributed by atoms with Gasteiger partial charge in [0.25, 0.3) is 0 Å². The van der Waals surface area contributed by atoms with Crippen LogP contribution in [-0.2, 0) is 0 Å². The first-order valence-electron chi connectivity index (χ1n) is 8.61. The highest BCUT2D eigenvalue weighted by atomic mass is 16.5. The molecule has 2 atom stereocenters. The van der Waals surface area contributed by atoms with E-state index in [9.17, 15) is 5.11 Å². The smallest absolute Gasteiger partial charge is 0.215 e. The molecular formula is C21H17N3O2. The highest BCUT2D eigenvalue weighted by molar-refractivity contribution is 6.04. The Morgan fingerprint density at radius 1 is 1.00 bits per heavy atom. The van der Waals surface area contributed by atoms with Crippen molar-refractivity contribution in [2.45, 2.75) is 18.7 Å². The van der Waals surface area contributed by atoms with Gasteiger partial charge in [0.1, 0.15) is 11.5 Å². The number of aromatic nitrogens is 1. The van der Waals surface area contributed by atoms with E-state index in [1.54, 1.807) is 12.3 Å². The number of para-hydroxylation sites is 2. The molecule has 128 valence electrons. The van der Waals surface area contributed by atoms with E-state index in [2.05, 4.69) is 11.1 Å². The Kier molecular flexibility index (Phi) is 3.38. The van der Waals surface area contributed by atoms with E-state index in [-0.39, 0.29) is 18.0 Å². The summed E-state index contributed by atoms with van der Waals surface area (Å²) in [4.78, 5) is 4.23. The summed E-state index contributed by atoms with van der Waals surface area (Å²) in [6.07, 6.45) is 3.93. The SMILES string of the molecule is Oc1ccccc1C1=NN2[C@H](C1)c1ccccc1O[C@H]2c1cccnc1. The fourth-order valence-electron chi connectivity index (χ4n) is 3.66. The Morgan fingerprint density at radius 3 is 2.69 bits per heavy atom. The van der Waals surface area contributed by atoms with Crippen LogP contribution in [0, 0.1) is 0 Å². The maximum absolute atomic E-state index is 10.2. The first-order chi connectivity index (χ1) is 12.8. The predicted octanol–water partition coefficient (Wildman–Crippen LogP) is 4.03. The monoisotopic (exact) mass is 343 g/mol. The Bertz CT molecular complexity index is 987. The molecule has 0 fully saturated rings. The van der Waals surface area contributed by atoms with Crippen molar-refractivity contribution in [3.63, 3.8) is 0 Å². The minimum Gasteiger partial charge on any atom is -0.507 e. The van der Waals surface area contributed by atoms with E-state index in [1.165, 1.54) is 0 Å². The number of benzene rings is 2. The molecule has 5 rings (SSSR count). The van der Waals surface area contributed by atoms with Gasteiger partial charge >= 0.3 is 0 Å².